The van der Waals surface area contributed by atoms with Crippen LogP contribution in [0.25, 0.3) is 0 Å². The molecule has 5 heteroatoms. The Balaban J connectivity index is 1.80. The zero-order chi connectivity index (χ0) is 13.0. The second-order valence-corrected chi connectivity index (χ2v) is 6.03. The molecule has 1 N–H and O–H groups in total. The minimum absolute atomic E-state index is 0.499. The average molecular weight is 269 g/mol. The van der Waals surface area contributed by atoms with Crippen molar-refractivity contribution in [2.45, 2.75) is 38.9 Å². The predicted octanol–water partition coefficient (Wildman–Crippen LogP) is 1.65. The van der Waals surface area contributed by atoms with Crippen LogP contribution in [0.1, 0.15) is 23.9 Å². The zero-order valence-electron chi connectivity index (χ0n) is 11.5. The standard InChI is InChI=1S/C13H23N3OS/c1-10(6-12-8-17-5-4-14-12)16(3)7-13-11(2)15-9-18-13/h9-10,12,14H,4-8H2,1-3H3. The van der Waals surface area contributed by atoms with Gasteiger partial charge in [0.15, 0.2) is 0 Å². The number of nitrogens with one attached hydrogen (secondary N) is 1. The van der Waals surface area contributed by atoms with Crippen molar-refractivity contribution < 1.29 is 4.74 Å². The highest BCUT2D eigenvalue weighted by molar-refractivity contribution is 7.09. The molecule has 2 heterocycles. The molecule has 0 aromatic carbocycles. The van der Waals surface area contributed by atoms with Gasteiger partial charge in [-0.25, -0.2) is 4.98 Å². The quantitative estimate of drug-likeness (QED) is 0.882. The van der Waals surface area contributed by atoms with Crippen LogP contribution in [0.2, 0.25) is 0 Å². The van der Waals surface area contributed by atoms with Crippen LogP contribution in [0.5, 0.6) is 0 Å². The molecule has 0 bridgehead atoms. The fraction of sp³-hybridized carbons (Fsp3) is 0.769. The molecule has 2 atom stereocenters. The summed E-state index contributed by atoms with van der Waals surface area (Å²) < 4.78 is 5.50. The van der Waals surface area contributed by atoms with E-state index in [-0.39, 0.29) is 0 Å². The van der Waals surface area contributed by atoms with Gasteiger partial charge >= 0.3 is 0 Å². The van der Waals surface area contributed by atoms with E-state index in [0.29, 0.717) is 12.1 Å². The normalized spacial score (nSPS) is 22.3. The van der Waals surface area contributed by atoms with Gasteiger partial charge < -0.3 is 10.1 Å². The SMILES string of the molecule is Cc1ncsc1CN(C)C(C)CC1COCCN1. The number of aryl methyl sites for hydroxylation is 1. The van der Waals surface area contributed by atoms with Crippen LogP contribution >= 0.6 is 11.3 Å². The third-order valence-corrected chi connectivity index (χ3v) is 4.53. The first kappa shape index (κ1) is 13.9. The lowest BCUT2D eigenvalue weighted by molar-refractivity contribution is 0.0639. The van der Waals surface area contributed by atoms with Crippen molar-refractivity contribution in [3.05, 3.63) is 16.1 Å². The Morgan fingerprint density at radius 3 is 3.11 bits per heavy atom. The van der Waals surface area contributed by atoms with Gasteiger partial charge in [0.05, 0.1) is 24.4 Å². The summed E-state index contributed by atoms with van der Waals surface area (Å²) in [5.41, 5.74) is 3.10. The van der Waals surface area contributed by atoms with Crippen molar-refractivity contribution >= 4 is 11.3 Å². The minimum Gasteiger partial charge on any atom is -0.379 e. The molecule has 1 saturated heterocycles. The van der Waals surface area contributed by atoms with E-state index in [1.807, 2.05) is 5.51 Å². The summed E-state index contributed by atoms with van der Waals surface area (Å²) in [4.78, 5) is 8.08. The molecule has 0 aliphatic carbocycles. The monoisotopic (exact) mass is 269 g/mol. The van der Waals surface area contributed by atoms with Gasteiger partial charge in [-0.15, -0.1) is 11.3 Å². The lowest BCUT2D eigenvalue weighted by Crippen LogP contribution is -2.45. The van der Waals surface area contributed by atoms with E-state index in [2.05, 4.69) is 36.1 Å². The van der Waals surface area contributed by atoms with Crippen LogP contribution in [0.3, 0.4) is 0 Å². The number of morpholine rings is 1. The van der Waals surface area contributed by atoms with E-state index < -0.39 is 0 Å². The third-order valence-electron chi connectivity index (χ3n) is 3.61. The van der Waals surface area contributed by atoms with Gasteiger partial charge in [0.25, 0.3) is 0 Å². The molecule has 0 spiro atoms. The highest BCUT2D eigenvalue weighted by Gasteiger charge is 2.19. The molecule has 2 unspecified atom stereocenters. The molecule has 0 saturated carbocycles. The number of ether oxygens (including phenoxy) is 1. The smallest absolute Gasteiger partial charge is 0.0798 e. The van der Waals surface area contributed by atoms with Crippen molar-refractivity contribution in [1.82, 2.24) is 15.2 Å². The first-order valence-electron chi connectivity index (χ1n) is 6.57. The molecule has 1 fully saturated rings. The maximum absolute atomic E-state index is 5.50. The van der Waals surface area contributed by atoms with Gasteiger partial charge in [0, 0.05) is 30.1 Å². The van der Waals surface area contributed by atoms with E-state index in [4.69, 9.17) is 4.74 Å². The molecule has 2 rings (SSSR count). The topological polar surface area (TPSA) is 37.4 Å². The summed E-state index contributed by atoms with van der Waals surface area (Å²) in [6.45, 7) is 8.03. The Morgan fingerprint density at radius 1 is 1.67 bits per heavy atom. The zero-order valence-corrected chi connectivity index (χ0v) is 12.3. The molecule has 1 aromatic rings. The second kappa shape index (κ2) is 6.61. The van der Waals surface area contributed by atoms with Crippen molar-refractivity contribution in [1.29, 1.82) is 0 Å². The van der Waals surface area contributed by atoms with Crippen LogP contribution in [-0.4, -0.2) is 48.8 Å². The average Bonchev–Trinajstić information content (AvgIpc) is 2.76. The van der Waals surface area contributed by atoms with Crippen molar-refractivity contribution in [2.75, 3.05) is 26.8 Å². The lowest BCUT2D eigenvalue weighted by Gasteiger charge is -2.30. The van der Waals surface area contributed by atoms with Crippen LogP contribution in [0.4, 0.5) is 0 Å². The van der Waals surface area contributed by atoms with Crippen molar-refractivity contribution in [3.8, 4) is 0 Å². The van der Waals surface area contributed by atoms with Crippen LogP contribution in [0.15, 0.2) is 5.51 Å². The molecular weight excluding hydrogens is 246 g/mol. The number of nitrogens with zero attached hydrogens (tertiary/aromatic N) is 2. The molecule has 102 valence electrons. The first-order valence-corrected chi connectivity index (χ1v) is 7.45. The first-order chi connectivity index (χ1) is 8.66. The van der Waals surface area contributed by atoms with Crippen LogP contribution in [0, 0.1) is 6.92 Å². The second-order valence-electron chi connectivity index (χ2n) is 5.09. The molecule has 18 heavy (non-hydrogen) atoms. The third kappa shape index (κ3) is 3.75. The number of hydrogen-bond donors (Lipinski definition) is 1. The maximum Gasteiger partial charge on any atom is 0.0798 e. The Kier molecular flexibility index (Phi) is 5.12. The minimum atomic E-state index is 0.499. The molecule has 1 aliphatic rings. The fourth-order valence-electron chi connectivity index (χ4n) is 2.22. The van der Waals surface area contributed by atoms with E-state index in [1.165, 1.54) is 4.88 Å². The molecule has 1 aromatic heterocycles. The van der Waals surface area contributed by atoms with Crippen molar-refractivity contribution in [3.63, 3.8) is 0 Å². The number of rotatable bonds is 5. The molecule has 4 nitrogen and oxygen atoms in total. The number of thiazole rings is 1. The lowest BCUT2D eigenvalue weighted by atomic mass is 10.1. The van der Waals surface area contributed by atoms with Gasteiger partial charge in [0.2, 0.25) is 0 Å². The highest BCUT2D eigenvalue weighted by Crippen LogP contribution is 2.17. The molecular formula is C13H23N3OS. The number of hydrogen-bond acceptors (Lipinski definition) is 5. The Labute approximate surface area is 113 Å². The summed E-state index contributed by atoms with van der Waals surface area (Å²) >= 11 is 1.75. The predicted molar refractivity (Wildman–Crippen MR) is 75.0 cm³/mol. The van der Waals surface area contributed by atoms with E-state index in [0.717, 1.165) is 38.4 Å². The summed E-state index contributed by atoms with van der Waals surface area (Å²) in [5, 5.41) is 3.51. The summed E-state index contributed by atoms with van der Waals surface area (Å²) in [5.74, 6) is 0. The Hall–Kier alpha value is -0.490. The van der Waals surface area contributed by atoms with Crippen molar-refractivity contribution in [2.24, 2.45) is 0 Å². The number of aromatic nitrogens is 1. The van der Waals surface area contributed by atoms with Gasteiger partial charge in [0.1, 0.15) is 0 Å². The van der Waals surface area contributed by atoms with Crippen LogP contribution in [-0.2, 0) is 11.3 Å². The Morgan fingerprint density at radius 2 is 2.50 bits per heavy atom. The molecule has 1 aliphatic heterocycles. The molecule has 0 radical (unpaired) electrons. The van der Waals surface area contributed by atoms with Gasteiger partial charge in [-0.3, -0.25) is 4.90 Å². The maximum atomic E-state index is 5.50. The summed E-state index contributed by atoms with van der Waals surface area (Å²) in [6.07, 6.45) is 1.13. The summed E-state index contributed by atoms with van der Waals surface area (Å²) in [6, 6.07) is 1.05. The largest absolute Gasteiger partial charge is 0.379 e. The fourth-order valence-corrected chi connectivity index (χ4v) is 3.06. The van der Waals surface area contributed by atoms with Crippen LogP contribution < -0.4 is 5.32 Å². The van der Waals surface area contributed by atoms with E-state index in [9.17, 15) is 0 Å². The molecule has 0 amide bonds. The van der Waals surface area contributed by atoms with E-state index >= 15 is 0 Å². The summed E-state index contributed by atoms with van der Waals surface area (Å²) in [7, 11) is 2.19. The van der Waals surface area contributed by atoms with E-state index in [1.54, 1.807) is 11.3 Å². The van der Waals surface area contributed by atoms with Gasteiger partial charge in [-0.05, 0) is 27.3 Å². The van der Waals surface area contributed by atoms with Gasteiger partial charge in [-0.2, -0.15) is 0 Å². The highest BCUT2D eigenvalue weighted by atomic mass is 32.1. The Bertz CT molecular complexity index is 363. The van der Waals surface area contributed by atoms with Gasteiger partial charge in [-0.1, -0.05) is 0 Å².